The van der Waals surface area contributed by atoms with Gasteiger partial charge in [0.25, 0.3) is 0 Å². The van der Waals surface area contributed by atoms with Gasteiger partial charge in [-0.1, -0.05) is 0 Å². The van der Waals surface area contributed by atoms with E-state index in [1.54, 1.807) is 0 Å². The summed E-state index contributed by atoms with van der Waals surface area (Å²) < 4.78 is 18.1. The Morgan fingerprint density at radius 3 is 2.81 bits per heavy atom. The highest BCUT2D eigenvalue weighted by molar-refractivity contribution is 9.10. The van der Waals surface area contributed by atoms with Crippen molar-refractivity contribution in [3.63, 3.8) is 0 Å². The number of hydrogen-bond acceptors (Lipinski definition) is 4. The van der Waals surface area contributed by atoms with E-state index in [2.05, 4.69) is 15.9 Å². The van der Waals surface area contributed by atoms with Gasteiger partial charge in [-0.15, -0.1) is 0 Å². The van der Waals surface area contributed by atoms with Gasteiger partial charge in [-0.05, 0) is 22.5 Å². The van der Waals surface area contributed by atoms with Gasteiger partial charge in [0, 0.05) is 12.5 Å². The summed E-state index contributed by atoms with van der Waals surface area (Å²) in [7, 11) is 1.28. The van der Waals surface area contributed by atoms with Gasteiger partial charge >= 0.3 is 0 Å². The molecule has 0 aliphatic heterocycles. The molecule has 0 aliphatic carbocycles. The molecule has 0 unspecified atom stereocenters. The third kappa shape index (κ3) is 2.33. The molecule has 0 aliphatic rings. The van der Waals surface area contributed by atoms with Crippen molar-refractivity contribution in [3.05, 3.63) is 21.9 Å². The van der Waals surface area contributed by atoms with Crippen LogP contribution in [0, 0.1) is 5.82 Å². The maximum absolute atomic E-state index is 13.4. The highest BCUT2D eigenvalue weighted by Crippen LogP contribution is 2.37. The summed E-state index contributed by atoms with van der Waals surface area (Å²) in [4.78, 5) is 11.6. The van der Waals surface area contributed by atoms with Crippen LogP contribution in [0.1, 0.15) is 16.8 Å². The van der Waals surface area contributed by atoms with E-state index in [1.807, 2.05) is 0 Å². The van der Waals surface area contributed by atoms with E-state index in [0.717, 1.165) is 6.07 Å². The standard InChI is InChI=1S/C10H11BrFNO3/c1-16-7-4-5(12)9(11)8(10(7)15)6(14)2-3-13/h4,15H,2-3,13H2,1H3. The second kappa shape index (κ2) is 5.27. The first-order chi connectivity index (χ1) is 7.52. The number of ether oxygens (including phenoxy) is 1. The van der Waals surface area contributed by atoms with E-state index in [1.165, 1.54) is 7.11 Å². The topological polar surface area (TPSA) is 72.5 Å². The van der Waals surface area contributed by atoms with Crippen LogP contribution in [0.15, 0.2) is 10.5 Å². The number of ketones is 1. The van der Waals surface area contributed by atoms with Gasteiger partial charge in [0.15, 0.2) is 17.3 Å². The van der Waals surface area contributed by atoms with E-state index in [0.29, 0.717) is 0 Å². The Kier molecular flexibility index (Phi) is 4.26. The number of carbonyl (C=O) groups excluding carboxylic acids is 1. The molecule has 0 fully saturated rings. The average molecular weight is 292 g/mol. The molecule has 0 bridgehead atoms. The smallest absolute Gasteiger partial charge is 0.170 e. The molecule has 16 heavy (non-hydrogen) atoms. The van der Waals surface area contributed by atoms with Crippen molar-refractivity contribution >= 4 is 21.7 Å². The Morgan fingerprint density at radius 2 is 2.31 bits per heavy atom. The monoisotopic (exact) mass is 291 g/mol. The van der Waals surface area contributed by atoms with Crippen molar-refractivity contribution in [1.82, 2.24) is 0 Å². The highest BCUT2D eigenvalue weighted by atomic mass is 79.9. The zero-order valence-electron chi connectivity index (χ0n) is 8.59. The molecule has 0 atom stereocenters. The third-order valence-electron chi connectivity index (χ3n) is 2.03. The lowest BCUT2D eigenvalue weighted by Crippen LogP contribution is -2.10. The van der Waals surface area contributed by atoms with Crippen LogP contribution < -0.4 is 10.5 Å². The second-order valence-electron chi connectivity index (χ2n) is 3.06. The molecule has 0 amide bonds. The molecule has 0 saturated heterocycles. The third-order valence-corrected chi connectivity index (χ3v) is 2.80. The fourth-order valence-electron chi connectivity index (χ4n) is 1.26. The van der Waals surface area contributed by atoms with Crippen molar-refractivity contribution in [3.8, 4) is 11.5 Å². The largest absolute Gasteiger partial charge is 0.504 e. The SMILES string of the molecule is COc1cc(F)c(Br)c(C(=O)CCN)c1O. The molecule has 4 nitrogen and oxygen atoms in total. The van der Waals surface area contributed by atoms with Gasteiger partial charge in [0.1, 0.15) is 5.82 Å². The minimum absolute atomic E-state index is 0.0266. The van der Waals surface area contributed by atoms with Crippen LogP contribution in [0.3, 0.4) is 0 Å². The van der Waals surface area contributed by atoms with Crippen LogP contribution in [0.2, 0.25) is 0 Å². The van der Waals surface area contributed by atoms with Crippen LogP contribution in [-0.2, 0) is 0 Å². The number of Topliss-reactive ketones (excluding diaryl/α,β-unsaturated/α-hetero) is 1. The number of phenols is 1. The number of aromatic hydroxyl groups is 1. The van der Waals surface area contributed by atoms with Crippen molar-refractivity contribution in [2.75, 3.05) is 13.7 Å². The molecule has 6 heteroatoms. The molecule has 0 saturated carbocycles. The van der Waals surface area contributed by atoms with Gasteiger partial charge in [-0.25, -0.2) is 4.39 Å². The molecule has 0 heterocycles. The fraction of sp³-hybridized carbons (Fsp3) is 0.300. The number of halogens is 2. The molecular weight excluding hydrogens is 281 g/mol. The molecule has 1 aromatic carbocycles. The molecule has 0 radical (unpaired) electrons. The summed E-state index contributed by atoms with van der Waals surface area (Å²) in [6.45, 7) is 0.129. The first-order valence-corrected chi connectivity index (χ1v) is 5.30. The molecule has 0 aromatic heterocycles. The lowest BCUT2D eigenvalue weighted by atomic mass is 10.1. The Hall–Kier alpha value is -1.14. The summed E-state index contributed by atoms with van der Waals surface area (Å²) in [5.74, 6) is -1.57. The second-order valence-corrected chi connectivity index (χ2v) is 3.85. The summed E-state index contributed by atoms with van der Waals surface area (Å²) in [5, 5.41) is 9.71. The van der Waals surface area contributed by atoms with Gasteiger partial charge < -0.3 is 15.6 Å². The summed E-state index contributed by atoms with van der Waals surface area (Å²) >= 11 is 2.91. The Balaban J connectivity index is 3.35. The minimum Gasteiger partial charge on any atom is -0.504 e. The zero-order chi connectivity index (χ0) is 12.3. The number of hydrogen-bond donors (Lipinski definition) is 2. The van der Waals surface area contributed by atoms with E-state index in [4.69, 9.17) is 10.5 Å². The van der Waals surface area contributed by atoms with Gasteiger partial charge in [-0.3, -0.25) is 4.79 Å². The summed E-state index contributed by atoms with van der Waals surface area (Å²) in [6, 6.07) is 0.999. The number of benzene rings is 1. The summed E-state index contributed by atoms with van der Waals surface area (Å²) in [6.07, 6.45) is 0.0266. The van der Waals surface area contributed by atoms with E-state index in [9.17, 15) is 14.3 Å². The highest BCUT2D eigenvalue weighted by Gasteiger charge is 2.21. The van der Waals surface area contributed by atoms with Crippen LogP contribution in [-0.4, -0.2) is 24.5 Å². The van der Waals surface area contributed by atoms with Gasteiger partial charge in [0.2, 0.25) is 0 Å². The average Bonchev–Trinajstić information content (AvgIpc) is 2.24. The normalized spacial score (nSPS) is 10.2. The predicted molar refractivity (Wildman–Crippen MR) is 60.3 cm³/mol. The van der Waals surface area contributed by atoms with E-state index < -0.39 is 11.6 Å². The molecule has 0 spiro atoms. The van der Waals surface area contributed by atoms with Crippen LogP contribution in [0.4, 0.5) is 4.39 Å². The van der Waals surface area contributed by atoms with Crippen molar-refractivity contribution in [1.29, 1.82) is 0 Å². The van der Waals surface area contributed by atoms with Crippen molar-refractivity contribution < 1.29 is 19.0 Å². The number of carbonyl (C=O) groups is 1. The first kappa shape index (κ1) is 12.9. The van der Waals surface area contributed by atoms with E-state index in [-0.39, 0.29) is 34.5 Å². The Labute approximate surface area is 100 Å². The van der Waals surface area contributed by atoms with Crippen LogP contribution >= 0.6 is 15.9 Å². The quantitative estimate of drug-likeness (QED) is 0.830. The number of methoxy groups -OCH3 is 1. The Bertz CT molecular complexity index is 423. The zero-order valence-corrected chi connectivity index (χ0v) is 10.2. The molecule has 3 N–H and O–H groups in total. The fourth-order valence-corrected chi connectivity index (χ4v) is 1.78. The molecular formula is C10H11BrFNO3. The maximum atomic E-state index is 13.4. The van der Waals surface area contributed by atoms with Crippen LogP contribution in [0.5, 0.6) is 11.5 Å². The molecule has 1 aromatic rings. The van der Waals surface area contributed by atoms with Crippen LogP contribution in [0.25, 0.3) is 0 Å². The lowest BCUT2D eigenvalue weighted by Gasteiger charge is -2.10. The summed E-state index contributed by atoms with van der Waals surface area (Å²) in [5.41, 5.74) is 5.10. The Morgan fingerprint density at radius 1 is 1.69 bits per heavy atom. The minimum atomic E-state index is -0.671. The van der Waals surface area contributed by atoms with E-state index >= 15 is 0 Å². The molecule has 1 rings (SSSR count). The predicted octanol–water partition coefficient (Wildman–Crippen LogP) is 1.83. The molecule has 88 valence electrons. The first-order valence-electron chi connectivity index (χ1n) is 4.51. The number of nitrogens with two attached hydrogens (primary N) is 1. The number of rotatable bonds is 4. The lowest BCUT2D eigenvalue weighted by molar-refractivity contribution is 0.0981. The van der Waals surface area contributed by atoms with Gasteiger partial charge in [0.05, 0.1) is 17.1 Å². The van der Waals surface area contributed by atoms with Gasteiger partial charge in [-0.2, -0.15) is 0 Å². The van der Waals surface area contributed by atoms with Crippen molar-refractivity contribution in [2.24, 2.45) is 5.73 Å². The number of phenolic OH excluding ortho intramolecular Hbond substituents is 1. The maximum Gasteiger partial charge on any atom is 0.170 e. The van der Waals surface area contributed by atoms with Crippen molar-refractivity contribution in [2.45, 2.75) is 6.42 Å².